The monoisotopic (exact) mass is 411 g/mol. The van der Waals surface area contributed by atoms with Crippen LogP contribution in [0.5, 0.6) is 0 Å². The number of halogens is 1. The van der Waals surface area contributed by atoms with Crippen LogP contribution >= 0.6 is 11.6 Å². The van der Waals surface area contributed by atoms with E-state index in [9.17, 15) is 14.4 Å². The molecule has 2 aliphatic heterocycles. The number of anilines is 1. The highest BCUT2D eigenvalue weighted by Crippen LogP contribution is 2.39. The van der Waals surface area contributed by atoms with Crippen molar-refractivity contribution in [1.82, 2.24) is 0 Å². The standard InChI is InChI=1S/C19H22ClNO7/c1-10(22)26-15-9-25-19(18(28-12(3)24)17(15)27-11(2)23)21-8-7-13-5-4-6-14(20)16(13)21/h4-6,15,17-19H,7-9H2,1-3H3/t15-,17+,18-,19-/m1/s1. The van der Waals surface area contributed by atoms with Crippen molar-refractivity contribution in [3.63, 3.8) is 0 Å². The molecule has 9 heteroatoms. The number of hydrogen-bond donors (Lipinski definition) is 0. The minimum absolute atomic E-state index is 0.0176. The molecule has 0 spiro atoms. The zero-order chi connectivity index (χ0) is 20.4. The van der Waals surface area contributed by atoms with Crippen molar-refractivity contribution >= 4 is 35.2 Å². The molecule has 0 amide bonds. The lowest BCUT2D eigenvalue weighted by atomic mass is 10.0. The zero-order valence-electron chi connectivity index (χ0n) is 15.8. The maximum Gasteiger partial charge on any atom is 0.303 e. The maximum atomic E-state index is 11.8. The zero-order valence-corrected chi connectivity index (χ0v) is 16.6. The van der Waals surface area contributed by atoms with Crippen LogP contribution in [0.3, 0.4) is 0 Å². The van der Waals surface area contributed by atoms with Crippen LogP contribution in [0.2, 0.25) is 5.02 Å². The number of hydrogen-bond acceptors (Lipinski definition) is 8. The Balaban J connectivity index is 1.96. The molecule has 0 unspecified atom stereocenters. The van der Waals surface area contributed by atoms with Crippen LogP contribution in [0.25, 0.3) is 0 Å². The summed E-state index contributed by atoms with van der Waals surface area (Å²) in [5.74, 6) is -1.71. The fraction of sp³-hybridized carbons (Fsp3) is 0.526. The minimum atomic E-state index is -1.00. The van der Waals surface area contributed by atoms with Gasteiger partial charge in [-0.15, -0.1) is 0 Å². The Morgan fingerprint density at radius 1 is 1.04 bits per heavy atom. The molecule has 4 atom stereocenters. The topological polar surface area (TPSA) is 91.4 Å². The van der Waals surface area contributed by atoms with Gasteiger partial charge in [-0.3, -0.25) is 14.4 Å². The van der Waals surface area contributed by atoms with E-state index >= 15 is 0 Å². The van der Waals surface area contributed by atoms with E-state index in [1.165, 1.54) is 20.8 Å². The molecule has 1 fully saturated rings. The average Bonchev–Trinajstić information content (AvgIpc) is 3.02. The fourth-order valence-electron chi connectivity index (χ4n) is 3.68. The highest BCUT2D eigenvalue weighted by atomic mass is 35.5. The van der Waals surface area contributed by atoms with Crippen molar-refractivity contribution in [3.8, 4) is 0 Å². The molecule has 8 nitrogen and oxygen atoms in total. The van der Waals surface area contributed by atoms with Crippen LogP contribution in [-0.4, -0.2) is 55.6 Å². The summed E-state index contributed by atoms with van der Waals surface area (Å²) in [6.45, 7) is 4.31. The lowest BCUT2D eigenvalue weighted by Crippen LogP contribution is -2.62. The van der Waals surface area contributed by atoms with Crippen molar-refractivity contribution in [2.45, 2.75) is 51.7 Å². The fourth-order valence-corrected chi connectivity index (χ4v) is 3.98. The molecule has 0 radical (unpaired) electrons. The Hall–Kier alpha value is -2.32. The van der Waals surface area contributed by atoms with Gasteiger partial charge in [0, 0.05) is 27.3 Å². The first-order valence-corrected chi connectivity index (χ1v) is 9.33. The van der Waals surface area contributed by atoms with Crippen LogP contribution in [-0.2, 0) is 39.8 Å². The number of ether oxygens (including phenoxy) is 4. The first kappa shape index (κ1) is 20.4. The van der Waals surface area contributed by atoms with Crippen LogP contribution in [0.15, 0.2) is 18.2 Å². The summed E-state index contributed by atoms with van der Waals surface area (Å²) in [6.07, 6.45) is -2.90. The lowest BCUT2D eigenvalue weighted by molar-refractivity contribution is -0.225. The molecule has 1 aromatic carbocycles. The smallest absolute Gasteiger partial charge is 0.303 e. The van der Waals surface area contributed by atoms with Crippen molar-refractivity contribution in [2.75, 3.05) is 18.1 Å². The van der Waals surface area contributed by atoms with Crippen molar-refractivity contribution in [2.24, 2.45) is 0 Å². The molecule has 2 aliphatic rings. The van der Waals surface area contributed by atoms with Gasteiger partial charge in [0.05, 0.1) is 17.3 Å². The number of rotatable bonds is 4. The van der Waals surface area contributed by atoms with Crippen molar-refractivity contribution in [1.29, 1.82) is 0 Å². The number of carbonyl (C=O) groups is 3. The van der Waals surface area contributed by atoms with Crippen molar-refractivity contribution in [3.05, 3.63) is 28.8 Å². The third kappa shape index (κ3) is 4.23. The van der Waals surface area contributed by atoms with E-state index in [0.29, 0.717) is 11.6 Å². The third-order valence-electron chi connectivity index (χ3n) is 4.61. The summed E-state index contributed by atoms with van der Waals surface area (Å²) in [4.78, 5) is 36.8. The number of para-hydroxylation sites is 1. The van der Waals surface area contributed by atoms with Crippen LogP contribution in [0.4, 0.5) is 5.69 Å². The largest absolute Gasteiger partial charge is 0.456 e. The van der Waals surface area contributed by atoms with Crippen molar-refractivity contribution < 1.29 is 33.3 Å². The summed E-state index contributed by atoms with van der Waals surface area (Å²) in [6, 6.07) is 5.61. The van der Waals surface area contributed by atoms with Gasteiger partial charge >= 0.3 is 17.9 Å². The number of esters is 3. The Labute approximate surface area is 167 Å². The quantitative estimate of drug-likeness (QED) is 0.547. The highest BCUT2D eigenvalue weighted by molar-refractivity contribution is 6.33. The van der Waals surface area contributed by atoms with Gasteiger partial charge in [-0.2, -0.15) is 0 Å². The summed E-state index contributed by atoms with van der Waals surface area (Å²) >= 11 is 6.40. The molecule has 0 N–H and O–H groups in total. The Kier molecular flexibility index (Phi) is 6.10. The van der Waals surface area contributed by atoms with Gasteiger partial charge in [-0.1, -0.05) is 23.7 Å². The van der Waals surface area contributed by atoms with Gasteiger partial charge in [-0.05, 0) is 18.1 Å². The molecule has 0 aromatic heterocycles. The predicted molar refractivity (Wildman–Crippen MR) is 98.9 cm³/mol. The van der Waals surface area contributed by atoms with Crippen LogP contribution in [0, 0.1) is 0 Å². The van der Waals surface area contributed by atoms with Gasteiger partial charge in [0.1, 0.15) is 0 Å². The molecule has 2 heterocycles. The maximum absolute atomic E-state index is 11.8. The summed E-state index contributed by atoms with van der Waals surface area (Å²) < 4.78 is 22.1. The van der Waals surface area contributed by atoms with E-state index in [0.717, 1.165) is 17.7 Å². The van der Waals surface area contributed by atoms with Crippen LogP contribution < -0.4 is 4.90 Å². The van der Waals surface area contributed by atoms with E-state index in [4.69, 9.17) is 30.5 Å². The van der Waals surface area contributed by atoms with Gasteiger partial charge in [0.15, 0.2) is 24.5 Å². The van der Waals surface area contributed by atoms with E-state index in [1.807, 2.05) is 17.0 Å². The van der Waals surface area contributed by atoms with Gasteiger partial charge < -0.3 is 23.8 Å². The molecule has 0 aliphatic carbocycles. The molecule has 0 saturated carbocycles. The molecule has 0 bridgehead atoms. The second kappa shape index (κ2) is 8.36. The SMILES string of the molecule is CC(=O)O[C@@H]1[C@@H](OC(C)=O)[C@H](OC(C)=O)CO[C@H]1N1CCc2cccc(Cl)c21. The van der Waals surface area contributed by atoms with E-state index < -0.39 is 42.4 Å². The van der Waals surface area contributed by atoms with E-state index in [2.05, 4.69) is 0 Å². The van der Waals surface area contributed by atoms with E-state index in [-0.39, 0.29) is 6.61 Å². The highest BCUT2D eigenvalue weighted by Gasteiger charge is 2.50. The Bertz CT molecular complexity index is 784. The first-order valence-electron chi connectivity index (χ1n) is 8.95. The molecular formula is C19H22ClNO7. The molecule has 152 valence electrons. The normalized spacial score (nSPS) is 26.4. The number of fused-ring (bicyclic) bond motifs is 1. The van der Waals surface area contributed by atoms with E-state index in [1.54, 1.807) is 6.07 Å². The minimum Gasteiger partial charge on any atom is -0.456 e. The summed E-state index contributed by atoms with van der Waals surface area (Å²) in [7, 11) is 0. The number of carbonyl (C=O) groups excluding carboxylic acids is 3. The molecular weight excluding hydrogens is 390 g/mol. The summed E-state index contributed by atoms with van der Waals surface area (Å²) in [5, 5.41) is 0.548. The van der Waals surface area contributed by atoms with Crippen LogP contribution in [0.1, 0.15) is 26.3 Å². The molecule has 3 rings (SSSR count). The predicted octanol–water partition coefficient (Wildman–Crippen LogP) is 1.85. The molecule has 1 aromatic rings. The van der Waals surface area contributed by atoms with Gasteiger partial charge in [0.25, 0.3) is 0 Å². The lowest BCUT2D eigenvalue weighted by Gasteiger charge is -2.44. The average molecular weight is 412 g/mol. The number of nitrogens with zero attached hydrogens (tertiary/aromatic N) is 1. The van der Waals surface area contributed by atoms with Gasteiger partial charge in [-0.25, -0.2) is 0 Å². The van der Waals surface area contributed by atoms with Gasteiger partial charge in [0.2, 0.25) is 0 Å². The molecule has 1 saturated heterocycles. The second-order valence-corrected chi connectivity index (χ2v) is 7.12. The third-order valence-corrected chi connectivity index (χ3v) is 4.92. The second-order valence-electron chi connectivity index (χ2n) is 6.71. The molecule has 28 heavy (non-hydrogen) atoms. The number of benzene rings is 1. The first-order chi connectivity index (χ1) is 13.3. The Morgan fingerprint density at radius 3 is 2.32 bits per heavy atom. The summed E-state index contributed by atoms with van der Waals surface area (Å²) in [5.41, 5.74) is 1.84. The Morgan fingerprint density at radius 2 is 1.68 bits per heavy atom.